The highest BCUT2D eigenvalue weighted by molar-refractivity contribution is 6.33. The van der Waals surface area contributed by atoms with E-state index in [1.165, 1.54) is 0 Å². The predicted octanol–water partition coefficient (Wildman–Crippen LogP) is 4.10. The highest BCUT2D eigenvalue weighted by atomic mass is 35.5. The first-order valence-corrected chi connectivity index (χ1v) is 4.92. The lowest BCUT2D eigenvalue weighted by atomic mass is 10.2. The third-order valence-corrected chi connectivity index (χ3v) is 1.93. The topological polar surface area (TPSA) is 25.8 Å². The fraction of sp³-hybridized carbons (Fsp3) is 0.200. The molecule has 0 saturated carbocycles. The van der Waals surface area contributed by atoms with E-state index in [4.69, 9.17) is 23.2 Å². The predicted molar refractivity (Wildman–Crippen MR) is 63.6 cm³/mol. The Morgan fingerprint density at radius 3 is 1.43 bits per heavy atom. The van der Waals surface area contributed by atoms with Gasteiger partial charge in [0.2, 0.25) is 0 Å². The fourth-order valence-corrected chi connectivity index (χ4v) is 1.24. The van der Waals surface area contributed by atoms with Crippen molar-refractivity contribution in [2.45, 2.75) is 13.8 Å². The van der Waals surface area contributed by atoms with E-state index in [9.17, 15) is 0 Å². The lowest BCUT2D eigenvalue weighted by molar-refractivity contribution is 1.02. The summed E-state index contributed by atoms with van der Waals surface area (Å²) < 4.78 is 0. The van der Waals surface area contributed by atoms with Crippen molar-refractivity contribution >= 4 is 35.4 Å². The zero-order chi connectivity index (χ0) is 11.1. The smallest absolute Gasteiger partial charge is 0.136 e. The summed E-state index contributed by atoms with van der Waals surface area (Å²) in [6.07, 6.45) is 3.14. The summed E-state index contributed by atoms with van der Waals surface area (Å²) in [5.41, 5.74) is 1.32. The van der Waals surface area contributed by atoms with Gasteiger partial charge in [-0.15, -0.1) is 10.2 Å². The summed E-state index contributed by atoms with van der Waals surface area (Å²) >= 11 is 11.5. The van der Waals surface area contributed by atoms with Crippen molar-refractivity contribution in [3.05, 3.63) is 34.6 Å². The van der Waals surface area contributed by atoms with Crippen LogP contribution >= 0.6 is 23.2 Å². The average molecular weight is 231 g/mol. The van der Waals surface area contributed by atoms with E-state index in [1.807, 2.05) is 13.8 Å². The van der Waals surface area contributed by atoms with E-state index >= 15 is 0 Å². The summed E-state index contributed by atoms with van der Waals surface area (Å²) in [7, 11) is 0. The minimum absolute atomic E-state index is 0.282. The molecule has 4 heteroatoms. The van der Waals surface area contributed by atoms with Crippen LogP contribution in [0.25, 0.3) is 12.2 Å². The van der Waals surface area contributed by atoms with Crippen molar-refractivity contribution in [2.24, 2.45) is 0 Å². The largest absolute Gasteiger partial charge is 0.159 e. The van der Waals surface area contributed by atoms with Crippen molar-refractivity contribution in [3.63, 3.8) is 0 Å². The molecule has 1 aromatic rings. The van der Waals surface area contributed by atoms with Gasteiger partial charge in [-0.1, -0.05) is 62.4 Å². The Morgan fingerprint density at radius 1 is 0.929 bits per heavy atom. The van der Waals surface area contributed by atoms with Gasteiger partial charge in [-0.2, -0.15) is 0 Å². The van der Waals surface area contributed by atoms with E-state index in [0.29, 0.717) is 11.1 Å². The maximum Gasteiger partial charge on any atom is 0.159 e. The highest BCUT2D eigenvalue weighted by Crippen LogP contribution is 2.24. The lowest BCUT2D eigenvalue weighted by Gasteiger charge is -2.02. The molecule has 0 atom stereocenters. The maximum absolute atomic E-state index is 5.73. The molecule has 0 aliphatic carbocycles. The summed E-state index contributed by atoms with van der Waals surface area (Å²) in [6, 6.07) is 0. The fourth-order valence-electron chi connectivity index (χ4n) is 0.806. The van der Waals surface area contributed by atoms with Gasteiger partial charge in [-0.05, 0) is 0 Å². The molecule has 0 fully saturated rings. The minimum Gasteiger partial charge on any atom is -0.136 e. The molecule has 14 heavy (non-hydrogen) atoms. The molecule has 0 radical (unpaired) electrons. The molecule has 0 unspecified atom stereocenters. The summed E-state index contributed by atoms with van der Waals surface area (Å²) in [5, 5.41) is 7.81. The van der Waals surface area contributed by atoms with Gasteiger partial charge < -0.3 is 0 Å². The molecule has 76 valence electrons. The number of aromatic nitrogens is 2. The molecular formula is C10H12Cl2N2. The second-order valence-corrected chi connectivity index (χ2v) is 2.73. The van der Waals surface area contributed by atoms with Gasteiger partial charge in [0.25, 0.3) is 0 Å². The Hall–Kier alpha value is -0.860. The first-order valence-electron chi connectivity index (χ1n) is 4.17. The monoisotopic (exact) mass is 230 g/mol. The molecule has 0 amide bonds. The van der Waals surface area contributed by atoms with Gasteiger partial charge in [0.1, 0.15) is 0 Å². The Bertz CT molecular complexity index is 302. The number of halogens is 2. The van der Waals surface area contributed by atoms with Crippen molar-refractivity contribution in [1.29, 1.82) is 0 Å². The molecular weight excluding hydrogens is 219 g/mol. The molecule has 1 aromatic heterocycles. The molecule has 1 heterocycles. The van der Waals surface area contributed by atoms with Crippen LogP contribution in [0.5, 0.6) is 0 Å². The summed E-state index contributed by atoms with van der Waals surface area (Å²) in [6.45, 7) is 11.2. The zero-order valence-corrected chi connectivity index (χ0v) is 9.73. The zero-order valence-electron chi connectivity index (χ0n) is 8.22. The Morgan fingerprint density at radius 2 is 1.21 bits per heavy atom. The van der Waals surface area contributed by atoms with Crippen LogP contribution in [-0.4, -0.2) is 10.2 Å². The number of hydrogen-bond acceptors (Lipinski definition) is 2. The van der Waals surface area contributed by atoms with E-state index in [0.717, 1.165) is 0 Å². The van der Waals surface area contributed by atoms with E-state index < -0.39 is 0 Å². The molecule has 0 bridgehead atoms. The van der Waals surface area contributed by atoms with Gasteiger partial charge in [0, 0.05) is 11.1 Å². The number of hydrogen-bond donors (Lipinski definition) is 0. The first kappa shape index (κ1) is 13.1. The third-order valence-electron chi connectivity index (χ3n) is 1.37. The van der Waals surface area contributed by atoms with Gasteiger partial charge in [0.15, 0.2) is 10.3 Å². The lowest BCUT2D eigenvalue weighted by Crippen LogP contribution is -1.92. The van der Waals surface area contributed by atoms with Gasteiger partial charge in [-0.25, -0.2) is 0 Å². The minimum atomic E-state index is 0.282. The van der Waals surface area contributed by atoms with Crippen LogP contribution in [0.2, 0.25) is 10.3 Å². The summed E-state index contributed by atoms with van der Waals surface area (Å²) in [4.78, 5) is 0. The normalized spacial score (nSPS) is 8.57. The third kappa shape index (κ3) is 2.82. The Kier molecular flexibility index (Phi) is 6.17. The van der Waals surface area contributed by atoms with Crippen LogP contribution in [-0.2, 0) is 0 Å². The van der Waals surface area contributed by atoms with Crippen molar-refractivity contribution in [1.82, 2.24) is 10.2 Å². The molecule has 0 aromatic carbocycles. The maximum atomic E-state index is 5.73. The van der Waals surface area contributed by atoms with E-state index in [-0.39, 0.29) is 10.3 Å². The van der Waals surface area contributed by atoms with Crippen molar-refractivity contribution < 1.29 is 0 Å². The molecule has 0 aliphatic rings. The SMILES string of the molecule is C=Cc1c(Cl)nnc(Cl)c1C=C.CC. The second-order valence-electron chi connectivity index (χ2n) is 2.02. The van der Waals surface area contributed by atoms with Crippen LogP contribution in [0.4, 0.5) is 0 Å². The number of nitrogens with zero attached hydrogens (tertiary/aromatic N) is 2. The Balaban J connectivity index is 0.000000791. The molecule has 2 nitrogen and oxygen atoms in total. The summed E-state index contributed by atoms with van der Waals surface area (Å²) in [5.74, 6) is 0. The quantitative estimate of drug-likeness (QED) is 0.765. The molecule has 0 aliphatic heterocycles. The number of rotatable bonds is 2. The molecule has 0 spiro atoms. The van der Waals surface area contributed by atoms with Crippen LogP contribution < -0.4 is 0 Å². The Labute approximate surface area is 94.3 Å². The molecule has 0 N–H and O–H groups in total. The van der Waals surface area contributed by atoms with Crippen molar-refractivity contribution in [3.8, 4) is 0 Å². The van der Waals surface area contributed by atoms with Crippen molar-refractivity contribution in [2.75, 3.05) is 0 Å². The van der Waals surface area contributed by atoms with Crippen LogP contribution in [0.3, 0.4) is 0 Å². The van der Waals surface area contributed by atoms with E-state index in [2.05, 4.69) is 23.4 Å². The van der Waals surface area contributed by atoms with Crippen LogP contribution in [0.15, 0.2) is 13.2 Å². The van der Waals surface area contributed by atoms with Gasteiger partial charge >= 0.3 is 0 Å². The van der Waals surface area contributed by atoms with Crippen LogP contribution in [0.1, 0.15) is 25.0 Å². The van der Waals surface area contributed by atoms with Gasteiger partial charge in [-0.3, -0.25) is 0 Å². The molecule has 0 saturated heterocycles. The highest BCUT2D eigenvalue weighted by Gasteiger charge is 2.07. The second kappa shape index (κ2) is 6.57. The van der Waals surface area contributed by atoms with Crippen LogP contribution in [0, 0.1) is 0 Å². The standard InChI is InChI=1S/C8H6Cl2N2.C2H6/c1-3-5-6(4-2)8(10)12-11-7(5)9;1-2/h3-4H,1-2H2;1-2H3. The molecule has 1 rings (SSSR count). The first-order chi connectivity index (χ1) is 6.70. The van der Waals surface area contributed by atoms with E-state index in [1.54, 1.807) is 12.2 Å². The average Bonchev–Trinajstić information content (AvgIpc) is 2.24. The van der Waals surface area contributed by atoms with Gasteiger partial charge in [0.05, 0.1) is 0 Å².